The standard InChI is InChI=1S/C21H35NO2/c1-5-6-15-24-21(18-12-10-13-20(16-18)23-4)14-9-7-8-11-19(21)17-22(2)3/h10,12-13,16,19H,5-9,11,14-15,17H2,1-4H3. The third-order valence-corrected chi connectivity index (χ3v) is 5.26. The van der Waals surface area contributed by atoms with Crippen molar-refractivity contribution in [3.05, 3.63) is 29.8 Å². The fourth-order valence-corrected chi connectivity index (χ4v) is 4.01. The van der Waals surface area contributed by atoms with E-state index in [4.69, 9.17) is 9.47 Å². The summed E-state index contributed by atoms with van der Waals surface area (Å²) < 4.78 is 12.2. The Hall–Kier alpha value is -1.06. The Morgan fingerprint density at radius 2 is 2.04 bits per heavy atom. The Labute approximate surface area is 148 Å². The maximum Gasteiger partial charge on any atom is 0.119 e. The lowest BCUT2D eigenvalue weighted by atomic mass is 9.77. The first-order chi connectivity index (χ1) is 11.6. The molecule has 24 heavy (non-hydrogen) atoms. The lowest BCUT2D eigenvalue weighted by Crippen LogP contribution is -2.42. The van der Waals surface area contributed by atoms with Crippen molar-refractivity contribution in [2.45, 2.75) is 57.5 Å². The minimum Gasteiger partial charge on any atom is -0.497 e. The van der Waals surface area contributed by atoms with Crippen LogP contribution in [0.2, 0.25) is 0 Å². The lowest BCUT2D eigenvalue weighted by molar-refractivity contribution is -0.104. The van der Waals surface area contributed by atoms with Gasteiger partial charge in [-0.1, -0.05) is 44.7 Å². The zero-order valence-electron chi connectivity index (χ0n) is 16.0. The van der Waals surface area contributed by atoms with Crippen molar-refractivity contribution in [3.63, 3.8) is 0 Å². The molecule has 2 unspecified atom stereocenters. The van der Waals surface area contributed by atoms with Crippen LogP contribution in [0.4, 0.5) is 0 Å². The van der Waals surface area contributed by atoms with Gasteiger partial charge in [-0.25, -0.2) is 0 Å². The van der Waals surface area contributed by atoms with E-state index in [-0.39, 0.29) is 5.60 Å². The molecule has 0 bridgehead atoms. The number of methoxy groups -OCH3 is 1. The van der Waals surface area contributed by atoms with E-state index in [9.17, 15) is 0 Å². The molecule has 3 heteroatoms. The van der Waals surface area contributed by atoms with Gasteiger partial charge in [0.05, 0.1) is 12.7 Å². The van der Waals surface area contributed by atoms with Crippen molar-refractivity contribution in [3.8, 4) is 5.75 Å². The molecule has 1 saturated carbocycles. The van der Waals surface area contributed by atoms with Crippen LogP contribution in [0, 0.1) is 5.92 Å². The molecule has 2 atom stereocenters. The monoisotopic (exact) mass is 333 g/mol. The molecule has 0 radical (unpaired) electrons. The van der Waals surface area contributed by atoms with Gasteiger partial charge in [0.25, 0.3) is 0 Å². The molecule has 1 aliphatic rings. The molecule has 1 aliphatic carbocycles. The van der Waals surface area contributed by atoms with E-state index in [1.165, 1.54) is 37.7 Å². The van der Waals surface area contributed by atoms with Gasteiger partial charge in [-0.15, -0.1) is 0 Å². The molecule has 0 aromatic heterocycles. The van der Waals surface area contributed by atoms with Crippen molar-refractivity contribution in [1.82, 2.24) is 4.90 Å². The number of ether oxygens (including phenoxy) is 2. The number of benzene rings is 1. The highest BCUT2D eigenvalue weighted by atomic mass is 16.5. The Morgan fingerprint density at radius 1 is 1.21 bits per heavy atom. The summed E-state index contributed by atoms with van der Waals surface area (Å²) in [7, 11) is 6.09. The molecule has 0 aliphatic heterocycles. The number of hydrogen-bond donors (Lipinski definition) is 0. The van der Waals surface area contributed by atoms with Crippen molar-refractivity contribution >= 4 is 0 Å². The summed E-state index contributed by atoms with van der Waals surface area (Å²) in [6.45, 7) is 4.15. The minimum absolute atomic E-state index is 0.176. The summed E-state index contributed by atoms with van der Waals surface area (Å²) in [5.74, 6) is 1.46. The molecule has 1 aromatic rings. The summed E-state index contributed by atoms with van der Waals surface area (Å²) in [6.07, 6.45) is 8.51. The lowest BCUT2D eigenvalue weighted by Gasteiger charge is -2.42. The van der Waals surface area contributed by atoms with E-state index < -0.39 is 0 Å². The second-order valence-electron chi connectivity index (χ2n) is 7.38. The number of rotatable bonds is 8. The van der Waals surface area contributed by atoms with Crippen molar-refractivity contribution in [1.29, 1.82) is 0 Å². The highest BCUT2D eigenvalue weighted by Crippen LogP contribution is 2.45. The van der Waals surface area contributed by atoms with Crippen LogP contribution in [-0.2, 0) is 10.3 Å². The maximum absolute atomic E-state index is 6.71. The fourth-order valence-electron chi connectivity index (χ4n) is 4.01. The van der Waals surface area contributed by atoms with Gasteiger partial charge < -0.3 is 14.4 Å². The van der Waals surface area contributed by atoms with E-state index >= 15 is 0 Å². The van der Waals surface area contributed by atoms with Gasteiger partial charge in [-0.05, 0) is 51.1 Å². The summed E-state index contributed by atoms with van der Waals surface area (Å²) in [4.78, 5) is 2.31. The predicted molar refractivity (Wildman–Crippen MR) is 101 cm³/mol. The van der Waals surface area contributed by atoms with Crippen LogP contribution in [0.1, 0.15) is 57.4 Å². The smallest absolute Gasteiger partial charge is 0.119 e. The third-order valence-electron chi connectivity index (χ3n) is 5.26. The molecule has 0 saturated heterocycles. The average molecular weight is 334 g/mol. The van der Waals surface area contributed by atoms with Crippen molar-refractivity contribution in [2.75, 3.05) is 34.4 Å². The van der Waals surface area contributed by atoms with E-state index in [0.717, 1.165) is 31.7 Å². The predicted octanol–water partition coefficient (Wildman–Crippen LogP) is 4.85. The molecular weight excluding hydrogens is 298 g/mol. The van der Waals surface area contributed by atoms with Gasteiger partial charge in [0, 0.05) is 19.1 Å². The van der Waals surface area contributed by atoms with Crippen LogP contribution in [0.15, 0.2) is 24.3 Å². The van der Waals surface area contributed by atoms with Crippen LogP contribution in [0.25, 0.3) is 0 Å². The van der Waals surface area contributed by atoms with Gasteiger partial charge >= 0.3 is 0 Å². The summed E-state index contributed by atoms with van der Waals surface area (Å²) >= 11 is 0. The topological polar surface area (TPSA) is 21.7 Å². The molecule has 136 valence electrons. The molecule has 2 rings (SSSR count). The first kappa shape index (κ1) is 19.3. The highest BCUT2D eigenvalue weighted by molar-refractivity contribution is 5.33. The molecule has 1 aromatic carbocycles. The van der Waals surface area contributed by atoms with Gasteiger partial charge in [0.15, 0.2) is 0 Å². The Balaban J connectivity index is 2.40. The largest absolute Gasteiger partial charge is 0.497 e. The molecule has 0 spiro atoms. The van der Waals surface area contributed by atoms with Crippen LogP contribution in [-0.4, -0.2) is 39.3 Å². The highest BCUT2D eigenvalue weighted by Gasteiger charge is 2.42. The molecule has 1 fully saturated rings. The molecule has 3 nitrogen and oxygen atoms in total. The van der Waals surface area contributed by atoms with E-state index in [1.54, 1.807) is 7.11 Å². The van der Waals surface area contributed by atoms with Gasteiger partial charge in [-0.3, -0.25) is 0 Å². The molecular formula is C21H35NO2. The van der Waals surface area contributed by atoms with Crippen LogP contribution < -0.4 is 4.74 Å². The van der Waals surface area contributed by atoms with Gasteiger partial charge in [0.1, 0.15) is 5.75 Å². The van der Waals surface area contributed by atoms with E-state index in [0.29, 0.717) is 5.92 Å². The van der Waals surface area contributed by atoms with Gasteiger partial charge in [0.2, 0.25) is 0 Å². The fraction of sp³-hybridized carbons (Fsp3) is 0.714. The van der Waals surface area contributed by atoms with Crippen LogP contribution >= 0.6 is 0 Å². The number of nitrogens with zero attached hydrogens (tertiary/aromatic N) is 1. The summed E-state index contributed by atoms with van der Waals surface area (Å²) in [5.41, 5.74) is 1.12. The first-order valence-electron chi connectivity index (χ1n) is 9.55. The van der Waals surface area contributed by atoms with E-state index in [2.05, 4.69) is 44.1 Å². The Kier molecular flexibility index (Phi) is 7.57. The summed E-state index contributed by atoms with van der Waals surface area (Å²) in [6, 6.07) is 8.57. The zero-order valence-corrected chi connectivity index (χ0v) is 16.0. The SMILES string of the molecule is CCCCOC1(c2cccc(OC)c2)CCCCCC1CN(C)C. The molecule has 0 amide bonds. The maximum atomic E-state index is 6.71. The second kappa shape index (κ2) is 9.43. The average Bonchev–Trinajstić information content (AvgIpc) is 2.78. The molecule has 0 N–H and O–H groups in total. The first-order valence-corrected chi connectivity index (χ1v) is 9.55. The quantitative estimate of drug-likeness (QED) is 0.501. The molecule has 0 heterocycles. The zero-order chi connectivity index (χ0) is 17.4. The van der Waals surface area contributed by atoms with Crippen molar-refractivity contribution < 1.29 is 9.47 Å². The minimum atomic E-state index is -0.176. The number of unbranched alkanes of at least 4 members (excludes halogenated alkanes) is 1. The van der Waals surface area contributed by atoms with Gasteiger partial charge in [-0.2, -0.15) is 0 Å². The van der Waals surface area contributed by atoms with Crippen molar-refractivity contribution in [2.24, 2.45) is 5.92 Å². The number of hydrogen-bond acceptors (Lipinski definition) is 3. The van der Waals surface area contributed by atoms with Crippen LogP contribution in [0.3, 0.4) is 0 Å². The Morgan fingerprint density at radius 3 is 2.75 bits per heavy atom. The third kappa shape index (κ3) is 4.73. The van der Waals surface area contributed by atoms with E-state index in [1.807, 2.05) is 6.07 Å². The Bertz CT molecular complexity index is 488. The van der Waals surface area contributed by atoms with Crippen LogP contribution in [0.5, 0.6) is 5.75 Å². The normalized spacial score (nSPS) is 24.8. The summed E-state index contributed by atoms with van der Waals surface area (Å²) in [5, 5.41) is 0. The second-order valence-corrected chi connectivity index (χ2v) is 7.38.